The summed E-state index contributed by atoms with van der Waals surface area (Å²) in [4.78, 5) is 11.7. The van der Waals surface area contributed by atoms with Gasteiger partial charge in [-0.25, -0.2) is 0 Å². The van der Waals surface area contributed by atoms with Crippen molar-refractivity contribution < 1.29 is 9.90 Å². The van der Waals surface area contributed by atoms with Crippen LogP contribution in [0.25, 0.3) is 0 Å². The molecule has 0 spiro atoms. The zero-order valence-electron chi connectivity index (χ0n) is 8.68. The average molecular weight is 260 g/mol. The SMILES string of the molecule is Cl.O=C(O)CN[C@@H]1CSc2ccccc2C1. The van der Waals surface area contributed by atoms with E-state index in [1.54, 1.807) is 11.8 Å². The maximum Gasteiger partial charge on any atom is 0.317 e. The summed E-state index contributed by atoms with van der Waals surface area (Å²) < 4.78 is 0. The van der Waals surface area contributed by atoms with Gasteiger partial charge in [0.1, 0.15) is 0 Å². The Balaban J connectivity index is 0.00000128. The van der Waals surface area contributed by atoms with Crippen LogP contribution in [0.5, 0.6) is 0 Å². The van der Waals surface area contributed by atoms with Crippen molar-refractivity contribution in [3.05, 3.63) is 29.8 Å². The number of hydrogen-bond acceptors (Lipinski definition) is 3. The first-order valence-electron chi connectivity index (χ1n) is 4.91. The molecule has 0 aliphatic carbocycles. The largest absolute Gasteiger partial charge is 0.480 e. The van der Waals surface area contributed by atoms with Crippen LogP contribution in [-0.4, -0.2) is 29.4 Å². The highest BCUT2D eigenvalue weighted by Crippen LogP contribution is 2.29. The molecule has 2 N–H and O–H groups in total. The fourth-order valence-electron chi connectivity index (χ4n) is 1.69. The summed E-state index contributed by atoms with van der Waals surface area (Å²) in [6.07, 6.45) is 0.927. The van der Waals surface area contributed by atoms with E-state index in [0.29, 0.717) is 0 Å². The molecule has 88 valence electrons. The van der Waals surface area contributed by atoms with Gasteiger partial charge in [-0.2, -0.15) is 0 Å². The maximum atomic E-state index is 10.4. The number of rotatable bonds is 3. The lowest BCUT2D eigenvalue weighted by atomic mass is 10.1. The van der Waals surface area contributed by atoms with Gasteiger partial charge >= 0.3 is 5.97 Å². The standard InChI is InChI=1S/C11H13NO2S.ClH/c13-11(14)6-12-9-5-8-3-1-2-4-10(8)15-7-9;/h1-4,9,12H,5-7H2,(H,13,14);1H/t9-;/m0./s1. The van der Waals surface area contributed by atoms with Crippen LogP contribution in [-0.2, 0) is 11.2 Å². The summed E-state index contributed by atoms with van der Waals surface area (Å²) in [6, 6.07) is 8.57. The van der Waals surface area contributed by atoms with E-state index < -0.39 is 5.97 Å². The van der Waals surface area contributed by atoms with Crippen LogP contribution in [0.4, 0.5) is 0 Å². The minimum Gasteiger partial charge on any atom is -0.480 e. The van der Waals surface area contributed by atoms with Gasteiger partial charge in [0.25, 0.3) is 0 Å². The molecule has 16 heavy (non-hydrogen) atoms. The molecule has 0 aromatic heterocycles. The molecule has 0 fully saturated rings. The van der Waals surface area contributed by atoms with Crippen molar-refractivity contribution in [2.45, 2.75) is 17.4 Å². The lowest BCUT2D eigenvalue weighted by Crippen LogP contribution is -2.38. The first-order valence-corrected chi connectivity index (χ1v) is 5.90. The van der Waals surface area contributed by atoms with E-state index in [1.807, 2.05) is 12.1 Å². The average Bonchev–Trinajstić information content (AvgIpc) is 2.26. The normalized spacial score (nSPS) is 18.4. The van der Waals surface area contributed by atoms with Gasteiger partial charge in [0.05, 0.1) is 6.54 Å². The van der Waals surface area contributed by atoms with Crippen molar-refractivity contribution in [3.8, 4) is 0 Å². The van der Waals surface area contributed by atoms with Crippen molar-refractivity contribution >= 4 is 30.1 Å². The molecule has 1 aliphatic heterocycles. The number of hydrogen-bond donors (Lipinski definition) is 2. The van der Waals surface area contributed by atoms with Crippen LogP contribution in [0.3, 0.4) is 0 Å². The Hall–Kier alpha value is -0.710. The number of aliphatic carboxylic acids is 1. The van der Waals surface area contributed by atoms with Crippen molar-refractivity contribution in [1.82, 2.24) is 5.32 Å². The Labute approximate surface area is 105 Å². The topological polar surface area (TPSA) is 49.3 Å². The summed E-state index contributed by atoms with van der Waals surface area (Å²) in [5.74, 6) is 0.156. The second kappa shape index (κ2) is 6.13. The molecule has 0 saturated carbocycles. The third kappa shape index (κ3) is 3.40. The number of carboxylic acid groups (broad SMARTS) is 1. The summed E-state index contributed by atoms with van der Waals surface area (Å²) in [7, 11) is 0. The van der Waals surface area contributed by atoms with Gasteiger partial charge < -0.3 is 10.4 Å². The van der Waals surface area contributed by atoms with Crippen molar-refractivity contribution in [2.75, 3.05) is 12.3 Å². The fourth-order valence-corrected chi connectivity index (χ4v) is 2.82. The maximum absolute atomic E-state index is 10.4. The Bertz CT molecular complexity index is 373. The lowest BCUT2D eigenvalue weighted by Gasteiger charge is -2.24. The summed E-state index contributed by atoms with van der Waals surface area (Å²) in [6.45, 7) is 0.0490. The van der Waals surface area contributed by atoms with Gasteiger partial charge in [-0.05, 0) is 18.1 Å². The second-order valence-electron chi connectivity index (χ2n) is 3.59. The van der Waals surface area contributed by atoms with Crippen LogP contribution < -0.4 is 5.32 Å². The van der Waals surface area contributed by atoms with Gasteiger partial charge in [-0.3, -0.25) is 4.79 Å². The molecule has 2 rings (SSSR count). The number of halogens is 1. The monoisotopic (exact) mass is 259 g/mol. The molecule has 1 aliphatic rings. The van der Waals surface area contributed by atoms with E-state index in [4.69, 9.17) is 5.11 Å². The molecule has 3 nitrogen and oxygen atoms in total. The molecule has 5 heteroatoms. The van der Waals surface area contributed by atoms with E-state index in [-0.39, 0.29) is 25.0 Å². The minimum absolute atomic E-state index is 0. The predicted molar refractivity (Wildman–Crippen MR) is 67.5 cm³/mol. The number of benzene rings is 1. The van der Waals surface area contributed by atoms with Gasteiger partial charge in [0, 0.05) is 16.7 Å². The smallest absolute Gasteiger partial charge is 0.317 e. The molecule has 0 unspecified atom stereocenters. The van der Waals surface area contributed by atoms with Gasteiger partial charge in [-0.1, -0.05) is 18.2 Å². The number of fused-ring (bicyclic) bond motifs is 1. The Kier molecular flexibility index (Phi) is 5.12. The number of nitrogens with one attached hydrogen (secondary N) is 1. The Morgan fingerprint density at radius 1 is 1.50 bits per heavy atom. The number of carbonyl (C=O) groups is 1. The Morgan fingerprint density at radius 2 is 2.25 bits per heavy atom. The van der Waals surface area contributed by atoms with E-state index in [2.05, 4.69) is 17.4 Å². The second-order valence-corrected chi connectivity index (χ2v) is 4.66. The number of carboxylic acids is 1. The van der Waals surface area contributed by atoms with Crippen molar-refractivity contribution in [3.63, 3.8) is 0 Å². The van der Waals surface area contributed by atoms with Crippen LogP contribution in [0.15, 0.2) is 29.2 Å². The number of thioether (sulfide) groups is 1. The van der Waals surface area contributed by atoms with Gasteiger partial charge in [0.15, 0.2) is 0 Å². The summed E-state index contributed by atoms with van der Waals surface area (Å²) >= 11 is 1.79. The zero-order valence-corrected chi connectivity index (χ0v) is 10.3. The molecule has 1 heterocycles. The first-order chi connectivity index (χ1) is 7.25. The third-order valence-electron chi connectivity index (χ3n) is 2.42. The van der Waals surface area contributed by atoms with E-state index >= 15 is 0 Å². The van der Waals surface area contributed by atoms with Gasteiger partial charge in [0.2, 0.25) is 0 Å². The molecule has 0 saturated heterocycles. The van der Waals surface area contributed by atoms with Gasteiger partial charge in [-0.15, -0.1) is 24.2 Å². The zero-order chi connectivity index (χ0) is 10.7. The molecular formula is C11H14ClNO2S. The molecule has 0 radical (unpaired) electrons. The summed E-state index contributed by atoms with van der Waals surface area (Å²) in [5.41, 5.74) is 1.32. The van der Waals surface area contributed by atoms with Crippen LogP contribution >= 0.6 is 24.2 Å². The molecular weight excluding hydrogens is 246 g/mol. The highest BCUT2D eigenvalue weighted by atomic mass is 35.5. The quantitative estimate of drug-likeness (QED) is 0.869. The molecule has 1 atom stereocenters. The van der Waals surface area contributed by atoms with Crippen molar-refractivity contribution in [1.29, 1.82) is 0 Å². The van der Waals surface area contributed by atoms with E-state index in [1.165, 1.54) is 10.5 Å². The van der Waals surface area contributed by atoms with Crippen LogP contribution in [0.1, 0.15) is 5.56 Å². The minimum atomic E-state index is -0.793. The van der Waals surface area contributed by atoms with Crippen LogP contribution in [0, 0.1) is 0 Å². The highest BCUT2D eigenvalue weighted by Gasteiger charge is 2.18. The van der Waals surface area contributed by atoms with Crippen molar-refractivity contribution in [2.24, 2.45) is 0 Å². The van der Waals surface area contributed by atoms with E-state index in [0.717, 1.165) is 12.2 Å². The third-order valence-corrected chi connectivity index (χ3v) is 3.70. The summed E-state index contributed by atoms with van der Waals surface area (Å²) in [5, 5.41) is 11.6. The molecule has 0 amide bonds. The fraction of sp³-hybridized carbons (Fsp3) is 0.364. The molecule has 0 bridgehead atoms. The molecule has 1 aromatic rings. The Morgan fingerprint density at radius 3 is 3.00 bits per heavy atom. The van der Waals surface area contributed by atoms with Crippen LogP contribution in [0.2, 0.25) is 0 Å². The first kappa shape index (κ1) is 13.4. The highest BCUT2D eigenvalue weighted by molar-refractivity contribution is 7.99. The van der Waals surface area contributed by atoms with E-state index in [9.17, 15) is 4.79 Å². The molecule has 1 aromatic carbocycles. The lowest BCUT2D eigenvalue weighted by molar-refractivity contribution is -0.136. The predicted octanol–water partition coefficient (Wildman–Crippen LogP) is 1.80.